The van der Waals surface area contributed by atoms with Gasteiger partial charge < -0.3 is 15.4 Å². The summed E-state index contributed by atoms with van der Waals surface area (Å²) in [6, 6.07) is 7.43. The number of carbonyl (C=O) groups is 1. The van der Waals surface area contributed by atoms with Crippen molar-refractivity contribution >= 4 is 11.6 Å². The number of rotatable bonds is 7. The van der Waals surface area contributed by atoms with Gasteiger partial charge in [0, 0.05) is 44.5 Å². The van der Waals surface area contributed by atoms with Crippen molar-refractivity contribution in [1.82, 2.24) is 15.3 Å². The van der Waals surface area contributed by atoms with Gasteiger partial charge in [-0.05, 0) is 29.8 Å². The molecule has 0 unspecified atom stereocenters. The van der Waals surface area contributed by atoms with Gasteiger partial charge in [-0.3, -0.25) is 14.8 Å². The molecule has 0 aliphatic carbocycles. The average molecular weight is 286 g/mol. The molecule has 1 amide bonds. The Morgan fingerprint density at radius 2 is 2.05 bits per heavy atom. The van der Waals surface area contributed by atoms with Crippen LogP contribution in [0.3, 0.4) is 0 Å². The van der Waals surface area contributed by atoms with E-state index < -0.39 is 0 Å². The maximum Gasteiger partial charge on any atom is 0.270 e. The van der Waals surface area contributed by atoms with E-state index in [0.29, 0.717) is 25.4 Å². The summed E-state index contributed by atoms with van der Waals surface area (Å²) in [5, 5.41) is 5.99. The smallest absolute Gasteiger partial charge is 0.270 e. The molecule has 2 N–H and O–H groups in total. The largest absolute Gasteiger partial charge is 0.383 e. The van der Waals surface area contributed by atoms with Gasteiger partial charge >= 0.3 is 0 Å². The number of aromatic nitrogens is 2. The van der Waals surface area contributed by atoms with E-state index in [1.54, 1.807) is 31.8 Å². The standard InChI is InChI=1S/C15H18N4O2/c1-21-9-8-18-15(20)14-10-13(4-7-17-14)19-11-12-2-5-16-6-3-12/h2-7,10H,8-9,11H2,1H3,(H,17,19)(H,18,20). The summed E-state index contributed by atoms with van der Waals surface area (Å²) in [6.45, 7) is 1.61. The molecule has 0 saturated carbocycles. The van der Waals surface area contributed by atoms with Crippen LogP contribution in [0.25, 0.3) is 0 Å². The maximum atomic E-state index is 11.9. The zero-order valence-electron chi connectivity index (χ0n) is 11.9. The molecule has 0 radical (unpaired) electrons. The zero-order chi connectivity index (χ0) is 14.9. The molecule has 0 spiro atoms. The lowest BCUT2D eigenvalue weighted by atomic mass is 10.2. The monoisotopic (exact) mass is 286 g/mol. The number of nitrogens with zero attached hydrogens (tertiary/aromatic N) is 2. The number of methoxy groups -OCH3 is 1. The van der Waals surface area contributed by atoms with Gasteiger partial charge in [-0.15, -0.1) is 0 Å². The van der Waals surface area contributed by atoms with Crippen LogP contribution in [0.15, 0.2) is 42.9 Å². The highest BCUT2D eigenvalue weighted by Gasteiger charge is 2.07. The Balaban J connectivity index is 1.92. The van der Waals surface area contributed by atoms with Crippen molar-refractivity contribution in [3.05, 3.63) is 54.1 Å². The van der Waals surface area contributed by atoms with Crippen molar-refractivity contribution in [3.8, 4) is 0 Å². The van der Waals surface area contributed by atoms with Gasteiger partial charge in [0.2, 0.25) is 0 Å². The molecule has 21 heavy (non-hydrogen) atoms. The second-order valence-electron chi connectivity index (χ2n) is 4.39. The number of carbonyl (C=O) groups excluding carboxylic acids is 1. The quantitative estimate of drug-likeness (QED) is 0.754. The summed E-state index contributed by atoms with van der Waals surface area (Å²) in [6.07, 6.45) is 5.11. The molecule has 2 aromatic heterocycles. The first-order valence-corrected chi connectivity index (χ1v) is 6.65. The third-order valence-electron chi connectivity index (χ3n) is 2.83. The average Bonchev–Trinajstić information content (AvgIpc) is 2.54. The maximum absolute atomic E-state index is 11.9. The summed E-state index contributed by atoms with van der Waals surface area (Å²) in [7, 11) is 1.59. The number of amides is 1. The van der Waals surface area contributed by atoms with Gasteiger partial charge in [-0.1, -0.05) is 0 Å². The molecule has 0 fully saturated rings. The number of anilines is 1. The molecule has 0 atom stereocenters. The number of nitrogens with one attached hydrogen (secondary N) is 2. The van der Waals surface area contributed by atoms with E-state index in [1.165, 1.54) is 0 Å². The topological polar surface area (TPSA) is 76.1 Å². The first-order valence-electron chi connectivity index (χ1n) is 6.65. The number of hydrogen-bond acceptors (Lipinski definition) is 5. The van der Waals surface area contributed by atoms with E-state index in [1.807, 2.05) is 18.2 Å². The lowest BCUT2D eigenvalue weighted by Crippen LogP contribution is -2.27. The fourth-order valence-electron chi connectivity index (χ4n) is 1.73. The number of ether oxygens (including phenoxy) is 1. The van der Waals surface area contributed by atoms with Gasteiger partial charge in [-0.25, -0.2) is 0 Å². The lowest BCUT2D eigenvalue weighted by molar-refractivity contribution is 0.0932. The van der Waals surface area contributed by atoms with E-state index in [2.05, 4.69) is 20.6 Å². The molecule has 2 aromatic rings. The van der Waals surface area contributed by atoms with Crippen molar-refractivity contribution in [3.63, 3.8) is 0 Å². The first kappa shape index (κ1) is 14.9. The Morgan fingerprint density at radius 3 is 2.81 bits per heavy atom. The van der Waals surface area contributed by atoms with Crippen LogP contribution in [0.5, 0.6) is 0 Å². The molecule has 0 aliphatic rings. The fraction of sp³-hybridized carbons (Fsp3) is 0.267. The lowest BCUT2D eigenvalue weighted by Gasteiger charge is -2.08. The van der Waals surface area contributed by atoms with E-state index in [0.717, 1.165) is 11.3 Å². The van der Waals surface area contributed by atoms with Crippen molar-refractivity contribution in [1.29, 1.82) is 0 Å². The third-order valence-corrected chi connectivity index (χ3v) is 2.83. The molecule has 0 bridgehead atoms. The predicted molar refractivity (Wildman–Crippen MR) is 80.0 cm³/mol. The number of pyridine rings is 2. The highest BCUT2D eigenvalue weighted by Crippen LogP contribution is 2.10. The molecule has 6 nitrogen and oxygen atoms in total. The van der Waals surface area contributed by atoms with Crippen LogP contribution in [-0.2, 0) is 11.3 Å². The molecule has 2 rings (SSSR count). The van der Waals surface area contributed by atoms with E-state index in [9.17, 15) is 4.79 Å². The minimum Gasteiger partial charge on any atom is -0.383 e. The van der Waals surface area contributed by atoms with Crippen LogP contribution < -0.4 is 10.6 Å². The van der Waals surface area contributed by atoms with Gasteiger partial charge in [0.1, 0.15) is 5.69 Å². The predicted octanol–water partition coefficient (Wildman–Crippen LogP) is 1.46. The molecule has 0 aromatic carbocycles. The van der Waals surface area contributed by atoms with Crippen molar-refractivity contribution in [2.24, 2.45) is 0 Å². The van der Waals surface area contributed by atoms with Crippen molar-refractivity contribution < 1.29 is 9.53 Å². The SMILES string of the molecule is COCCNC(=O)c1cc(NCc2ccncc2)ccn1. The summed E-state index contributed by atoms with van der Waals surface area (Å²) in [5.74, 6) is -0.209. The van der Waals surface area contributed by atoms with Gasteiger partial charge in [0.25, 0.3) is 5.91 Å². The minimum absolute atomic E-state index is 0.209. The van der Waals surface area contributed by atoms with Crippen molar-refractivity contribution in [2.45, 2.75) is 6.54 Å². The molecule has 110 valence electrons. The molecule has 6 heteroatoms. The van der Waals surface area contributed by atoms with Crippen molar-refractivity contribution in [2.75, 3.05) is 25.6 Å². The third kappa shape index (κ3) is 4.85. The highest BCUT2D eigenvalue weighted by molar-refractivity contribution is 5.93. The van der Waals surface area contributed by atoms with E-state index in [4.69, 9.17) is 4.74 Å². The second kappa shape index (κ2) is 7.96. The van der Waals surface area contributed by atoms with Crippen LogP contribution in [0, 0.1) is 0 Å². The Kier molecular flexibility index (Phi) is 5.66. The summed E-state index contributed by atoms with van der Waals surface area (Å²) in [5.41, 5.74) is 2.34. The second-order valence-corrected chi connectivity index (χ2v) is 4.39. The summed E-state index contributed by atoms with van der Waals surface area (Å²) in [4.78, 5) is 19.9. The van der Waals surface area contributed by atoms with Gasteiger partial charge in [-0.2, -0.15) is 0 Å². The van der Waals surface area contributed by atoms with E-state index in [-0.39, 0.29) is 5.91 Å². The van der Waals surface area contributed by atoms with Gasteiger partial charge in [0.05, 0.1) is 6.61 Å². The Hall–Kier alpha value is -2.47. The highest BCUT2D eigenvalue weighted by atomic mass is 16.5. The van der Waals surface area contributed by atoms with Crippen LogP contribution in [0.1, 0.15) is 16.1 Å². The van der Waals surface area contributed by atoms with Crippen LogP contribution in [-0.4, -0.2) is 36.1 Å². The fourth-order valence-corrected chi connectivity index (χ4v) is 1.73. The Morgan fingerprint density at radius 1 is 1.24 bits per heavy atom. The Bertz CT molecular complexity index is 575. The van der Waals surface area contributed by atoms with Crippen LogP contribution in [0.2, 0.25) is 0 Å². The zero-order valence-corrected chi connectivity index (χ0v) is 11.9. The minimum atomic E-state index is -0.209. The summed E-state index contributed by atoms with van der Waals surface area (Å²) >= 11 is 0. The van der Waals surface area contributed by atoms with Gasteiger partial charge in [0.15, 0.2) is 0 Å². The molecular formula is C15H18N4O2. The first-order chi connectivity index (χ1) is 10.3. The summed E-state index contributed by atoms with van der Waals surface area (Å²) < 4.78 is 4.89. The van der Waals surface area contributed by atoms with E-state index >= 15 is 0 Å². The molecule has 0 aliphatic heterocycles. The van der Waals surface area contributed by atoms with Crippen LogP contribution >= 0.6 is 0 Å². The Labute approximate surface area is 123 Å². The number of hydrogen-bond donors (Lipinski definition) is 2. The van der Waals surface area contributed by atoms with Crippen LogP contribution in [0.4, 0.5) is 5.69 Å². The molecule has 2 heterocycles. The normalized spacial score (nSPS) is 10.1. The molecular weight excluding hydrogens is 268 g/mol. The molecule has 0 saturated heterocycles.